The van der Waals surface area contributed by atoms with E-state index < -0.39 is 12.1 Å². The third-order valence-corrected chi connectivity index (χ3v) is 2.85. The molecule has 1 unspecified atom stereocenters. The molecular weight excluding hydrogens is 246 g/mol. The standard InChI is InChI=1S/C10H16ClN3O3/c1-6(2)10-13(4-7(12)15)9(17)5-14(10)8(16)3-11/h6,10H,3-5H2,1-2H3,(H2,12,15). The Bertz CT molecular complexity index is 346. The molecule has 0 radical (unpaired) electrons. The van der Waals surface area contributed by atoms with Gasteiger partial charge < -0.3 is 15.5 Å². The van der Waals surface area contributed by atoms with Crippen molar-refractivity contribution in [3.63, 3.8) is 0 Å². The second-order valence-corrected chi connectivity index (χ2v) is 4.57. The van der Waals surface area contributed by atoms with Crippen LogP contribution in [0.2, 0.25) is 0 Å². The number of alkyl halides is 1. The van der Waals surface area contributed by atoms with E-state index in [0.717, 1.165) is 0 Å². The molecule has 2 N–H and O–H groups in total. The zero-order valence-electron chi connectivity index (χ0n) is 9.85. The highest BCUT2D eigenvalue weighted by molar-refractivity contribution is 6.27. The Morgan fingerprint density at radius 2 is 2.12 bits per heavy atom. The van der Waals surface area contributed by atoms with Crippen LogP contribution >= 0.6 is 11.6 Å². The topological polar surface area (TPSA) is 83.7 Å². The van der Waals surface area contributed by atoms with Crippen molar-refractivity contribution >= 4 is 29.3 Å². The largest absolute Gasteiger partial charge is 0.368 e. The first-order valence-corrected chi connectivity index (χ1v) is 5.85. The zero-order chi connectivity index (χ0) is 13.2. The Balaban J connectivity index is 2.94. The van der Waals surface area contributed by atoms with Crippen LogP contribution < -0.4 is 5.73 Å². The van der Waals surface area contributed by atoms with Crippen LogP contribution in [0.5, 0.6) is 0 Å². The van der Waals surface area contributed by atoms with Crippen LogP contribution in [0.25, 0.3) is 0 Å². The first kappa shape index (κ1) is 13.8. The SMILES string of the molecule is CC(C)C1N(CC(N)=O)C(=O)CN1C(=O)CCl. The van der Waals surface area contributed by atoms with Crippen molar-refractivity contribution < 1.29 is 14.4 Å². The normalized spacial score (nSPS) is 20.2. The van der Waals surface area contributed by atoms with Gasteiger partial charge in [0.1, 0.15) is 25.1 Å². The number of carbonyl (C=O) groups excluding carboxylic acids is 3. The maximum atomic E-state index is 11.7. The van der Waals surface area contributed by atoms with Crippen LogP contribution in [0.15, 0.2) is 0 Å². The van der Waals surface area contributed by atoms with E-state index in [-0.39, 0.29) is 36.7 Å². The highest BCUT2D eigenvalue weighted by atomic mass is 35.5. The Kier molecular flexibility index (Phi) is 4.34. The lowest BCUT2D eigenvalue weighted by Gasteiger charge is -2.31. The molecule has 1 atom stereocenters. The molecule has 0 aromatic carbocycles. The second-order valence-electron chi connectivity index (χ2n) is 4.30. The van der Waals surface area contributed by atoms with Gasteiger partial charge in [0, 0.05) is 0 Å². The minimum Gasteiger partial charge on any atom is -0.368 e. The van der Waals surface area contributed by atoms with E-state index in [1.54, 1.807) is 0 Å². The van der Waals surface area contributed by atoms with E-state index in [0.29, 0.717) is 0 Å². The van der Waals surface area contributed by atoms with Crippen molar-refractivity contribution in [2.75, 3.05) is 19.0 Å². The molecule has 0 bridgehead atoms. The van der Waals surface area contributed by atoms with Gasteiger partial charge in [-0.05, 0) is 5.92 Å². The van der Waals surface area contributed by atoms with Gasteiger partial charge in [-0.25, -0.2) is 0 Å². The fourth-order valence-corrected chi connectivity index (χ4v) is 2.18. The van der Waals surface area contributed by atoms with Gasteiger partial charge in [-0.15, -0.1) is 11.6 Å². The van der Waals surface area contributed by atoms with Gasteiger partial charge in [-0.3, -0.25) is 14.4 Å². The molecule has 0 aromatic rings. The minimum absolute atomic E-state index is 0.00738. The summed E-state index contributed by atoms with van der Waals surface area (Å²) in [5.74, 6) is -1.36. The number of rotatable bonds is 4. The van der Waals surface area contributed by atoms with Gasteiger partial charge in [0.25, 0.3) is 0 Å². The van der Waals surface area contributed by atoms with E-state index in [2.05, 4.69) is 0 Å². The predicted octanol–water partition coefficient (Wildman–Crippen LogP) is -0.637. The van der Waals surface area contributed by atoms with Crippen LogP contribution in [0.4, 0.5) is 0 Å². The summed E-state index contributed by atoms with van der Waals surface area (Å²) in [6.45, 7) is 3.52. The van der Waals surface area contributed by atoms with Crippen molar-refractivity contribution in [1.29, 1.82) is 0 Å². The smallest absolute Gasteiger partial charge is 0.244 e. The lowest BCUT2D eigenvalue weighted by atomic mass is 10.1. The number of hydrogen-bond acceptors (Lipinski definition) is 3. The minimum atomic E-state index is -0.593. The van der Waals surface area contributed by atoms with Crippen LogP contribution in [-0.4, -0.2) is 52.7 Å². The van der Waals surface area contributed by atoms with Crippen molar-refractivity contribution in [2.24, 2.45) is 11.7 Å². The first-order chi connectivity index (χ1) is 7.88. The molecule has 1 heterocycles. The highest BCUT2D eigenvalue weighted by Gasteiger charge is 2.42. The maximum Gasteiger partial charge on any atom is 0.244 e. The number of nitrogens with two attached hydrogens (primary N) is 1. The lowest BCUT2D eigenvalue weighted by molar-refractivity contribution is -0.135. The van der Waals surface area contributed by atoms with E-state index in [4.69, 9.17) is 17.3 Å². The van der Waals surface area contributed by atoms with Crippen molar-refractivity contribution in [3.05, 3.63) is 0 Å². The number of nitrogens with zero attached hydrogens (tertiary/aromatic N) is 2. The summed E-state index contributed by atoms with van der Waals surface area (Å²) in [5.41, 5.74) is 5.09. The Hall–Kier alpha value is -1.30. The molecule has 1 rings (SSSR count). The van der Waals surface area contributed by atoms with Crippen molar-refractivity contribution in [1.82, 2.24) is 9.80 Å². The summed E-state index contributed by atoms with van der Waals surface area (Å²) < 4.78 is 0. The molecule has 0 saturated carbocycles. The maximum absolute atomic E-state index is 11.7. The van der Waals surface area contributed by atoms with Crippen molar-refractivity contribution in [3.8, 4) is 0 Å². The summed E-state index contributed by atoms with van der Waals surface area (Å²) in [7, 11) is 0. The molecule has 0 spiro atoms. The fraction of sp³-hybridized carbons (Fsp3) is 0.700. The summed E-state index contributed by atoms with van der Waals surface area (Å²) in [5, 5.41) is 0. The molecule has 6 nitrogen and oxygen atoms in total. The molecular formula is C10H16ClN3O3. The quantitative estimate of drug-likeness (QED) is 0.684. The van der Waals surface area contributed by atoms with Gasteiger partial charge in [-0.1, -0.05) is 13.8 Å². The van der Waals surface area contributed by atoms with E-state index in [1.165, 1.54) is 9.80 Å². The molecule has 1 aliphatic rings. The number of primary amides is 1. The molecule has 0 aliphatic carbocycles. The van der Waals surface area contributed by atoms with Crippen molar-refractivity contribution in [2.45, 2.75) is 20.0 Å². The molecule has 17 heavy (non-hydrogen) atoms. The van der Waals surface area contributed by atoms with Gasteiger partial charge in [0.15, 0.2) is 0 Å². The fourth-order valence-electron chi connectivity index (χ4n) is 2.03. The molecule has 0 aromatic heterocycles. The number of amides is 3. The Morgan fingerprint density at radius 3 is 2.53 bits per heavy atom. The van der Waals surface area contributed by atoms with Crippen LogP contribution in [0, 0.1) is 5.92 Å². The van der Waals surface area contributed by atoms with E-state index >= 15 is 0 Å². The second kappa shape index (κ2) is 5.35. The molecule has 7 heteroatoms. The summed E-state index contributed by atoms with van der Waals surface area (Å²) in [6.07, 6.45) is -0.443. The molecule has 96 valence electrons. The van der Waals surface area contributed by atoms with Gasteiger partial charge in [0.05, 0.1) is 0 Å². The van der Waals surface area contributed by atoms with Crippen LogP contribution in [0.1, 0.15) is 13.8 Å². The molecule has 3 amide bonds. The van der Waals surface area contributed by atoms with E-state index in [1.807, 2.05) is 13.8 Å². The number of carbonyl (C=O) groups is 3. The number of hydrogen-bond donors (Lipinski definition) is 1. The Labute approximate surface area is 105 Å². The van der Waals surface area contributed by atoms with Crippen LogP contribution in [-0.2, 0) is 14.4 Å². The monoisotopic (exact) mass is 261 g/mol. The molecule has 1 aliphatic heterocycles. The number of halogens is 1. The van der Waals surface area contributed by atoms with Gasteiger partial charge in [0.2, 0.25) is 17.7 Å². The molecule has 1 fully saturated rings. The average molecular weight is 262 g/mol. The van der Waals surface area contributed by atoms with Gasteiger partial charge in [-0.2, -0.15) is 0 Å². The van der Waals surface area contributed by atoms with Crippen LogP contribution in [0.3, 0.4) is 0 Å². The van der Waals surface area contributed by atoms with E-state index in [9.17, 15) is 14.4 Å². The summed E-state index contributed by atoms with van der Waals surface area (Å²) in [6, 6.07) is 0. The lowest BCUT2D eigenvalue weighted by Crippen LogP contribution is -2.48. The first-order valence-electron chi connectivity index (χ1n) is 5.31. The predicted molar refractivity (Wildman–Crippen MR) is 62.0 cm³/mol. The highest BCUT2D eigenvalue weighted by Crippen LogP contribution is 2.22. The third-order valence-electron chi connectivity index (χ3n) is 2.62. The summed E-state index contributed by atoms with van der Waals surface area (Å²) in [4.78, 5) is 37.0. The Morgan fingerprint density at radius 1 is 1.53 bits per heavy atom. The summed E-state index contributed by atoms with van der Waals surface area (Å²) >= 11 is 5.49. The van der Waals surface area contributed by atoms with Gasteiger partial charge >= 0.3 is 0 Å². The third kappa shape index (κ3) is 2.88. The molecule has 1 saturated heterocycles. The average Bonchev–Trinajstić information content (AvgIpc) is 2.54. The zero-order valence-corrected chi connectivity index (χ0v) is 10.6.